The zero-order valence-electron chi connectivity index (χ0n) is 8.29. The van der Waals surface area contributed by atoms with Gasteiger partial charge in [0.2, 0.25) is 0 Å². The number of hydrogen-bond acceptors (Lipinski definition) is 2. The van der Waals surface area contributed by atoms with Crippen molar-refractivity contribution in [1.82, 2.24) is 0 Å². The number of halogens is 1. The standard InChI is InChI=1S/C11H13FO2/c1-3-14-11-5-4-9(12)6-10(11)8(2)7-13/h4-8H,3H2,1-2H3. The van der Waals surface area contributed by atoms with Gasteiger partial charge in [-0.3, -0.25) is 0 Å². The molecule has 1 unspecified atom stereocenters. The molecule has 1 aromatic carbocycles. The van der Waals surface area contributed by atoms with Gasteiger partial charge in [-0.15, -0.1) is 0 Å². The van der Waals surface area contributed by atoms with E-state index in [9.17, 15) is 9.18 Å². The second kappa shape index (κ2) is 4.74. The van der Waals surface area contributed by atoms with Crippen molar-refractivity contribution < 1.29 is 13.9 Å². The molecular weight excluding hydrogens is 183 g/mol. The zero-order chi connectivity index (χ0) is 10.6. The van der Waals surface area contributed by atoms with Crippen LogP contribution in [0.5, 0.6) is 5.75 Å². The summed E-state index contributed by atoms with van der Waals surface area (Å²) in [7, 11) is 0. The molecule has 0 aliphatic rings. The molecule has 2 nitrogen and oxygen atoms in total. The normalized spacial score (nSPS) is 12.2. The maximum absolute atomic E-state index is 12.9. The SMILES string of the molecule is CCOc1ccc(F)cc1C(C)C=O. The number of benzene rings is 1. The third kappa shape index (κ3) is 2.31. The van der Waals surface area contributed by atoms with Crippen LogP contribution in [0.1, 0.15) is 25.3 Å². The molecule has 76 valence electrons. The summed E-state index contributed by atoms with van der Waals surface area (Å²) in [5.74, 6) is -0.113. The molecule has 0 N–H and O–H groups in total. The van der Waals surface area contributed by atoms with Crippen molar-refractivity contribution in [1.29, 1.82) is 0 Å². The van der Waals surface area contributed by atoms with E-state index in [0.717, 1.165) is 6.29 Å². The van der Waals surface area contributed by atoms with Crippen LogP contribution in [0.2, 0.25) is 0 Å². The Kier molecular flexibility index (Phi) is 3.63. The van der Waals surface area contributed by atoms with E-state index in [2.05, 4.69) is 0 Å². The number of carbonyl (C=O) groups excluding carboxylic acids is 1. The molecule has 0 heterocycles. The first-order chi connectivity index (χ1) is 6.69. The zero-order valence-corrected chi connectivity index (χ0v) is 8.29. The molecule has 0 bridgehead atoms. The Balaban J connectivity index is 3.08. The van der Waals surface area contributed by atoms with Gasteiger partial charge < -0.3 is 9.53 Å². The van der Waals surface area contributed by atoms with Gasteiger partial charge in [0.05, 0.1) is 6.61 Å². The number of hydrogen-bond donors (Lipinski definition) is 0. The highest BCUT2D eigenvalue weighted by Gasteiger charge is 2.11. The van der Waals surface area contributed by atoms with Crippen molar-refractivity contribution in [3.05, 3.63) is 29.6 Å². The van der Waals surface area contributed by atoms with E-state index in [1.165, 1.54) is 12.1 Å². The highest BCUT2D eigenvalue weighted by molar-refractivity contribution is 5.63. The minimum atomic E-state index is -0.350. The van der Waals surface area contributed by atoms with Crippen LogP contribution in [-0.4, -0.2) is 12.9 Å². The highest BCUT2D eigenvalue weighted by atomic mass is 19.1. The van der Waals surface area contributed by atoms with Crippen molar-refractivity contribution in [2.45, 2.75) is 19.8 Å². The Hall–Kier alpha value is -1.38. The van der Waals surface area contributed by atoms with Gasteiger partial charge in [-0.25, -0.2) is 4.39 Å². The van der Waals surface area contributed by atoms with Gasteiger partial charge in [-0.2, -0.15) is 0 Å². The van der Waals surface area contributed by atoms with Crippen LogP contribution in [0.3, 0.4) is 0 Å². The molecule has 1 rings (SSSR count). The molecule has 0 amide bonds. The second-order valence-corrected chi connectivity index (χ2v) is 3.04. The second-order valence-electron chi connectivity index (χ2n) is 3.04. The molecule has 3 heteroatoms. The van der Waals surface area contributed by atoms with Crippen LogP contribution >= 0.6 is 0 Å². The predicted octanol–water partition coefficient (Wildman–Crippen LogP) is 2.53. The lowest BCUT2D eigenvalue weighted by Gasteiger charge is -2.11. The van der Waals surface area contributed by atoms with Crippen molar-refractivity contribution in [3.63, 3.8) is 0 Å². The lowest BCUT2D eigenvalue weighted by Crippen LogP contribution is -2.01. The van der Waals surface area contributed by atoms with Crippen LogP contribution in [0.15, 0.2) is 18.2 Å². The number of rotatable bonds is 4. The number of carbonyl (C=O) groups is 1. The van der Waals surface area contributed by atoms with E-state index in [1.807, 2.05) is 6.92 Å². The van der Waals surface area contributed by atoms with E-state index in [4.69, 9.17) is 4.74 Å². The molecule has 0 fully saturated rings. The van der Waals surface area contributed by atoms with Crippen LogP contribution < -0.4 is 4.74 Å². The van der Waals surface area contributed by atoms with Gasteiger partial charge >= 0.3 is 0 Å². The summed E-state index contributed by atoms with van der Waals surface area (Å²) in [6.07, 6.45) is 0.775. The molecule has 0 aliphatic carbocycles. The Morgan fingerprint density at radius 3 is 2.86 bits per heavy atom. The monoisotopic (exact) mass is 196 g/mol. The molecule has 1 aromatic rings. The molecule has 0 saturated heterocycles. The Labute approximate surface area is 82.7 Å². The smallest absolute Gasteiger partial charge is 0.127 e. The Morgan fingerprint density at radius 2 is 2.29 bits per heavy atom. The highest BCUT2D eigenvalue weighted by Crippen LogP contribution is 2.26. The van der Waals surface area contributed by atoms with Crippen molar-refractivity contribution in [2.24, 2.45) is 0 Å². The summed E-state index contributed by atoms with van der Waals surface area (Å²) in [6, 6.07) is 4.21. The first-order valence-electron chi connectivity index (χ1n) is 4.56. The fraction of sp³-hybridized carbons (Fsp3) is 0.364. The van der Waals surface area contributed by atoms with Gasteiger partial charge in [0.25, 0.3) is 0 Å². The molecule has 14 heavy (non-hydrogen) atoms. The van der Waals surface area contributed by atoms with Crippen LogP contribution in [0.4, 0.5) is 4.39 Å². The van der Waals surface area contributed by atoms with E-state index in [1.54, 1.807) is 13.0 Å². The minimum Gasteiger partial charge on any atom is -0.494 e. The Bertz CT molecular complexity index is 323. The average Bonchev–Trinajstić information content (AvgIpc) is 2.20. The maximum atomic E-state index is 12.9. The quantitative estimate of drug-likeness (QED) is 0.692. The number of ether oxygens (including phenoxy) is 1. The third-order valence-electron chi connectivity index (χ3n) is 1.97. The summed E-state index contributed by atoms with van der Waals surface area (Å²) >= 11 is 0. The topological polar surface area (TPSA) is 26.3 Å². The van der Waals surface area contributed by atoms with Crippen molar-refractivity contribution in [3.8, 4) is 5.75 Å². The summed E-state index contributed by atoms with van der Waals surface area (Å²) in [4.78, 5) is 10.6. The first-order valence-corrected chi connectivity index (χ1v) is 4.56. The van der Waals surface area contributed by atoms with Gasteiger partial charge in [0.1, 0.15) is 17.9 Å². The molecule has 0 saturated carbocycles. The molecule has 1 atom stereocenters. The van der Waals surface area contributed by atoms with Crippen LogP contribution in [0, 0.1) is 5.82 Å². The molecular formula is C11H13FO2. The lowest BCUT2D eigenvalue weighted by molar-refractivity contribution is -0.108. The molecule has 0 spiro atoms. The summed E-state index contributed by atoms with van der Waals surface area (Å²) in [6.45, 7) is 4.06. The summed E-state index contributed by atoms with van der Waals surface area (Å²) in [5, 5.41) is 0. The number of aldehydes is 1. The van der Waals surface area contributed by atoms with Gasteiger partial charge in [0, 0.05) is 11.5 Å². The van der Waals surface area contributed by atoms with Gasteiger partial charge in [0.15, 0.2) is 0 Å². The maximum Gasteiger partial charge on any atom is 0.127 e. The first kappa shape index (κ1) is 10.7. The summed E-state index contributed by atoms with van der Waals surface area (Å²) < 4.78 is 18.2. The van der Waals surface area contributed by atoms with Gasteiger partial charge in [-0.05, 0) is 25.1 Å². The van der Waals surface area contributed by atoms with E-state index in [-0.39, 0.29) is 11.7 Å². The van der Waals surface area contributed by atoms with Gasteiger partial charge in [-0.1, -0.05) is 6.92 Å². The fourth-order valence-electron chi connectivity index (χ4n) is 1.24. The average molecular weight is 196 g/mol. The van der Waals surface area contributed by atoms with E-state index in [0.29, 0.717) is 17.9 Å². The Morgan fingerprint density at radius 1 is 1.57 bits per heavy atom. The fourth-order valence-corrected chi connectivity index (χ4v) is 1.24. The van der Waals surface area contributed by atoms with Crippen molar-refractivity contribution >= 4 is 6.29 Å². The van der Waals surface area contributed by atoms with E-state index < -0.39 is 0 Å². The summed E-state index contributed by atoms with van der Waals surface area (Å²) in [5.41, 5.74) is 0.599. The molecule has 0 radical (unpaired) electrons. The lowest BCUT2D eigenvalue weighted by atomic mass is 10.0. The van der Waals surface area contributed by atoms with Crippen molar-refractivity contribution in [2.75, 3.05) is 6.61 Å². The minimum absolute atomic E-state index is 0.341. The third-order valence-corrected chi connectivity index (χ3v) is 1.97. The molecule has 0 aliphatic heterocycles. The molecule has 0 aromatic heterocycles. The van der Waals surface area contributed by atoms with E-state index >= 15 is 0 Å². The van der Waals surface area contributed by atoms with Crippen LogP contribution in [0.25, 0.3) is 0 Å². The largest absolute Gasteiger partial charge is 0.494 e. The van der Waals surface area contributed by atoms with Crippen LogP contribution in [-0.2, 0) is 4.79 Å². The predicted molar refractivity (Wildman–Crippen MR) is 52.0 cm³/mol.